The predicted octanol–water partition coefficient (Wildman–Crippen LogP) is 4.55. The number of nitrogens with one attached hydrogen (secondary N) is 2. The highest BCUT2D eigenvalue weighted by Gasteiger charge is 2.52. The molecule has 1 aliphatic carbocycles. The molecule has 2 amide bonds. The highest BCUT2D eigenvalue weighted by Crippen LogP contribution is 2.41. The second-order valence-corrected chi connectivity index (χ2v) is 12.5. The number of amides is 2. The summed E-state index contributed by atoms with van der Waals surface area (Å²) in [6, 6.07) is -0.165. The molecule has 1 saturated heterocycles. The van der Waals surface area contributed by atoms with Crippen molar-refractivity contribution in [3.05, 3.63) is 0 Å². The average Bonchev–Trinajstić information content (AvgIpc) is 3.33. The van der Waals surface area contributed by atoms with Crippen molar-refractivity contribution in [1.29, 1.82) is 0 Å². The predicted molar refractivity (Wildman–Crippen MR) is 145 cm³/mol. The number of nitrogens with zero attached hydrogens (tertiary/aromatic N) is 3. The van der Waals surface area contributed by atoms with Crippen molar-refractivity contribution in [2.24, 2.45) is 17.8 Å². The molecule has 3 rings (SSSR count). The van der Waals surface area contributed by atoms with Gasteiger partial charge in [0.1, 0.15) is 11.3 Å². The second kappa shape index (κ2) is 12.5. The van der Waals surface area contributed by atoms with Crippen LogP contribution >= 0.6 is 0 Å². The summed E-state index contributed by atoms with van der Waals surface area (Å²) in [6.07, 6.45) is 6.81. The largest absolute Gasteiger partial charge is 0.444 e. The first-order valence-corrected chi connectivity index (χ1v) is 14.1. The zero-order valence-electron chi connectivity index (χ0n) is 24.2. The van der Waals surface area contributed by atoms with E-state index in [-0.39, 0.29) is 47.9 Å². The highest BCUT2D eigenvalue weighted by molar-refractivity contribution is 5.79. The Hall–Kier alpha value is -2.56. The van der Waals surface area contributed by atoms with Gasteiger partial charge in [0.2, 0.25) is 5.91 Å². The van der Waals surface area contributed by atoms with E-state index in [9.17, 15) is 9.59 Å². The van der Waals surface area contributed by atoms with E-state index >= 15 is 0 Å². The van der Waals surface area contributed by atoms with Gasteiger partial charge < -0.3 is 30.4 Å². The molecule has 3 atom stereocenters. The molecular formula is C27H48N6O5. The van der Waals surface area contributed by atoms with Crippen LogP contribution in [0.2, 0.25) is 0 Å². The Balaban J connectivity index is 1.71. The van der Waals surface area contributed by atoms with Crippen molar-refractivity contribution in [1.82, 2.24) is 20.4 Å². The standard InChI is InChI=1S/C27H48N6O5/c1-17(2)19(22(34)29-13-14-30-24-31-23(28)38-32-24)16-21-20(15-18-11-9-8-10-12-18)33(27(6,7)36-21)25(35)37-26(3,4)5/h17-21H,8-16H2,1-7H3,(H,29,34)(H3,28,30,31,32)/t19-,20-,21-/m0/s1. The highest BCUT2D eigenvalue weighted by atomic mass is 16.6. The first-order valence-electron chi connectivity index (χ1n) is 14.1. The molecule has 4 N–H and O–H groups in total. The fraction of sp³-hybridized carbons (Fsp3) is 0.852. The molecule has 216 valence electrons. The van der Waals surface area contributed by atoms with Gasteiger partial charge in [0.05, 0.1) is 12.1 Å². The van der Waals surface area contributed by atoms with Crippen LogP contribution in [0, 0.1) is 17.8 Å². The van der Waals surface area contributed by atoms with E-state index in [2.05, 4.69) is 20.8 Å². The van der Waals surface area contributed by atoms with Crippen molar-refractivity contribution in [2.45, 2.75) is 117 Å². The van der Waals surface area contributed by atoms with E-state index in [1.54, 1.807) is 4.90 Å². The van der Waals surface area contributed by atoms with Gasteiger partial charge in [-0.2, -0.15) is 4.98 Å². The van der Waals surface area contributed by atoms with Crippen molar-refractivity contribution in [3.8, 4) is 0 Å². The summed E-state index contributed by atoms with van der Waals surface area (Å²) in [5, 5.41) is 9.67. The number of nitrogens with two attached hydrogens (primary N) is 1. The van der Waals surface area contributed by atoms with E-state index in [4.69, 9.17) is 19.7 Å². The average molecular weight is 537 g/mol. The Labute approximate surface area is 226 Å². The summed E-state index contributed by atoms with van der Waals surface area (Å²) >= 11 is 0. The third kappa shape index (κ3) is 8.22. The molecular weight excluding hydrogens is 488 g/mol. The molecule has 1 saturated carbocycles. The van der Waals surface area contributed by atoms with Crippen LogP contribution in [0.3, 0.4) is 0 Å². The minimum absolute atomic E-state index is 0.0147. The molecule has 0 radical (unpaired) electrons. The second-order valence-electron chi connectivity index (χ2n) is 12.5. The number of hydrogen-bond acceptors (Lipinski definition) is 9. The van der Waals surface area contributed by atoms with E-state index in [1.165, 1.54) is 32.1 Å². The number of aromatic nitrogens is 2. The van der Waals surface area contributed by atoms with Crippen LogP contribution in [0.25, 0.3) is 0 Å². The van der Waals surface area contributed by atoms with Crippen LogP contribution in [0.5, 0.6) is 0 Å². The maximum Gasteiger partial charge on any atom is 0.412 e. The lowest BCUT2D eigenvalue weighted by molar-refractivity contribution is -0.129. The molecule has 2 heterocycles. The molecule has 0 bridgehead atoms. The number of hydrogen-bond donors (Lipinski definition) is 3. The molecule has 1 aromatic heterocycles. The Morgan fingerprint density at radius 1 is 1.18 bits per heavy atom. The molecule has 2 fully saturated rings. The fourth-order valence-corrected chi connectivity index (χ4v) is 5.69. The van der Waals surface area contributed by atoms with Crippen LogP contribution in [0.4, 0.5) is 16.8 Å². The number of rotatable bonds is 10. The summed E-state index contributed by atoms with van der Waals surface area (Å²) in [5.74, 6) is 0.603. The topological polar surface area (TPSA) is 145 Å². The van der Waals surface area contributed by atoms with Gasteiger partial charge in [0.15, 0.2) is 0 Å². The summed E-state index contributed by atoms with van der Waals surface area (Å²) in [4.78, 5) is 32.4. The normalized spacial score (nSPS) is 22.9. The molecule has 2 aliphatic rings. The maximum absolute atomic E-state index is 13.4. The summed E-state index contributed by atoms with van der Waals surface area (Å²) in [6.45, 7) is 14.4. The fourth-order valence-electron chi connectivity index (χ4n) is 5.69. The van der Waals surface area contributed by atoms with Gasteiger partial charge >= 0.3 is 12.1 Å². The number of anilines is 2. The van der Waals surface area contributed by atoms with Gasteiger partial charge in [-0.25, -0.2) is 4.79 Å². The van der Waals surface area contributed by atoms with E-state index in [0.29, 0.717) is 25.4 Å². The molecule has 0 aromatic carbocycles. The SMILES string of the molecule is CC(C)[C@H](C[C@@H]1OC(C)(C)N(C(=O)OC(C)(C)C)[C@H]1CC1CCCCC1)C(=O)NCCNc1noc(N)n1. The zero-order chi connectivity index (χ0) is 28.1. The summed E-state index contributed by atoms with van der Waals surface area (Å²) < 4.78 is 17.1. The lowest BCUT2D eigenvalue weighted by Gasteiger charge is -2.37. The number of nitrogen functional groups attached to an aromatic ring is 1. The van der Waals surface area contributed by atoms with Gasteiger partial charge in [-0.05, 0) is 64.5 Å². The van der Waals surface area contributed by atoms with E-state index in [0.717, 1.165) is 6.42 Å². The Kier molecular flexibility index (Phi) is 9.89. The van der Waals surface area contributed by atoms with Crippen molar-refractivity contribution >= 4 is 24.0 Å². The van der Waals surface area contributed by atoms with Gasteiger partial charge in [-0.15, -0.1) is 0 Å². The number of carbonyl (C=O) groups is 2. The third-order valence-corrected chi connectivity index (χ3v) is 7.45. The van der Waals surface area contributed by atoms with E-state index in [1.807, 2.05) is 48.5 Å². The van der Waals surface area contributed by atoms with Crippen LogP contribution < -0.4 is 16.4 Å². The molecule has 38 heavy (non-hydrogen) atoms. The van der Waals surface area contributed by atoms with Crippen LogP contribution in [0.15, 0.2) is 4.52 Å². The van der Waals surface area contributed by atoms with Crippen molar-refractivity contribution < 1.29 is 23.6 Å². The minimum Gasteiger partial charge on any atom is -0.444 e. The maximum atomic E-state index is 13.4. The quantitative estimate of drug-likeness (QED) is 0.367. The number of ether oxygens (including phenoxy) is 2. The minimum atomic E-state index is -0.833. The lowest BCUT2D eigenvalue weighted by Crippen LogP contribution is -2.51. The summed E-state index contributed by atoms with van der Waals surface area (Å²) in [5.41, 5.74) is 3.99. The lowest BCUT2D eigenvalue weighted by atomic mass is 9.81. The Morgan fingerprint density at radius 2 is 1.87 bits per heavy atom. The zero-order valence-corrected chi connectivity index (χ0v) is 24.2. The Bertz CT molecular complexity index is 921. The van der Waals surface area contributed by atoms with Gasteiger partial charge in [-0.3, -0.25) is 9.69 Å². The van der Waals surface area contributed by atoms with Gasteiger partial charge in [0.25, 0.3) is 5.95 Å². The van der Waals surface area contributed by atoms with Gasteiger partial charge in [0, 0.05) is 19.0 Å². The molecule has 1 aromatic rings. The van der Waals surface area contributed by atoms with Crippen LogP contribution in [0.1, 0.15) is 93.4 Å². The molecule has 11 heteroatoms. The van der Waals surface area contributed by atoms with E-state index < -0.39 is 11.3 Å². The molecule has 0 unspecified atom stereocenters. The van der Waals surface area contributed by atoms with Crippen molar-refractivity contribution in [2.75, 3.05) is 24.1 Å². The third-order valence-electron chi connectivity index (χ3n) is 7.45. The molecule has 0 spiro atoms. The van der Waals surface area contributed by atoms with Gasteiger partial charge in [-0.1, -0.05) is 46.0 Å². The monoisotopic (exact) mass is 536 g/mol. The number of carbonyl (C=O) groups excluding carboxylic acids is 2. The first kappa shape index (κ1) is 30.0. The van der Waals surface area contributed by atoms with Crippen LogP contribution in [-0.2, 0) is 14.3 Å². The Morgan fingerprint density at radius 3 is 2.45 bits per heavy atom. The molecule has 11 nitrogen and oxygen atoms in total. The van der Waals surface area contributed by atoms with Crippen LogP contribution in [-0.4, -0.2) is 63.6 Å². The molecule has 1 aliphatic heterocycles. The summed E-state index contributed by atoms with van der Waals surface area (Å²) in [7, 11) is 0. The van der Waals surface area contributed by atoms with Crippen molar-refractivity contribution in [3.63, 3.8) is 0 Å². The first-order chi connectivity index (χ1) is 17.8. The smallest absolute Gasteiger partial charge is 0.412 e.